The van der Waals surface area contributed by atoms with Gasteiger partial charge in [0.2, 0.25) is 0 Å². The third-order valence-corrected chi connectivity index (χ3v) is 4.80. The quantitative estimate of drug-likeness (QED) is 0.795. The Balaban J connectivity index is 1.58. The molecule has 0 aromatic carbocycles. The molecule has 1 aliphatic carbocycles. The van der Waals surface area contributed by atoms with Gasteiger partial charge in [0.25, 0.3) is 5.91 Å². The van der Waals surface area contributed by atoms with Crippen LogP contribution in [0.15, 0.2) is 36.8 Å². The van der Waals surface area contributed by atoms with Gasteiger partial charge < -0.3 is 5.32 Å². The Morgan fingerprint density at radius 1 is 1.28 bits per heavy atom. The minimum atomic E-state index is -0.110. The molecule has 3 heterocycles. The number of nitrogens with one attached hydrogen (secondary N) is 1. The number of hydrogen-bond acceptors (Lipinski definition) is 4. The summed E-state index contributed by atoms with van der Waals surface area (Å²) in [5.41, 5.74) is 3.68. The second kappa shape index (κ2) is 6.16. The highest BCUT2D eigenvalue weighted by atomic mass is 16.1. The number of pyridine rings is 1. The summed E-state index contributed by atoms with van der Waals surface area (Å²) in [5, 5.41) is 11.8. The molecule has 0 bridgehead atoms. The number of carbonyl (C=O) groups is 1. The molecule has 3 aromatic heterocycles. The fraction of sp³-hybridized carbons (Fsp3) is 0.333. The fourth-order valence-electron chi connectivity index (χ4n) is 3.43. The highest BCUT2D eigenvalue weighted by Crippen LogP contribution is 2.29. The smallest absolute Gasteiger partial charge is 0.255 e. The van der Waals surface area contributed by atoms with Gasteiger partial charge >= 0.3 is 0 Å². The molecule has 0 spiro atoms. The lowest BCUT2D eigenvalue weighted by Crippen LogP contribution is -2.31. The highest BCUT2D eigenvalue weighted by Gasteiger charge is 2.26. The van der Waals surface area contributed by atoms with Crippen LogP contribution in [-0.2, 0) is 13.5 Å². The molecule has 1 amide bonds. The Morgan fingerprint density at radius 3 is 2.96 bits per heavy atom. The van der Waals surface area contributed by atoms with Crippen LogP contribution in [0.4, 0.5) is 0 Å². The minimum absolute atomic E-state index is 0.00236. The van der Waals surface area contributed by atoms with Crippen molar-refractivity contribution in [1.82, 2.24) is 29.9 Å². The molecule has 1 aliphatic rings. The van der Waals surface area contributed by atoms with Gasteiger partial charge in [-0.05, 0) is 38.3 Å². The van der Waals surface area contributed by atoms with Gasteiger partial charge in [-0.3, -0.25) is 9.48 Å². The van der Waals surface area contributed by atoms with Crippen molar-refractivity contribution in [1.29, 1.82) is 0 Å². The van der Waals surface area contributed by atoms with Crippen molar-refractivity contribution in [2.24, 2.45) is 7.05 Å². The number of amides is 1. The Hall–Kier alpha value is -2.96. The molecule has 0 saturated heterocycles. The third kappa shape index (κ3) is 2.71. The predicted octanol–water partition coefficient (Wildman–Crippen LogP) is 2.12. The lowest BCUT2D eigenvalue weighted by atomic mass is 9.93. The van der Waals surface area contributed by atoms with Crippen LogP contribution in [0, 0.1) is 6.92 Å². The van der Waals surface area contributed by atoms with Crippen molar-refractivity contribution < 1.29 is 4.79 Å². The van der Waals surface area contributed by atoms with Gasteiger partial charge in [-0.15, -0.1) is 0 Å². The predicted molar refractivity (Wildman–Crippen MR) is 92.4 cm³/mol. The molecule has 1 atom stereocenters. The maximum Gasteiger partial charge on any atom is 0.255 e. The summed E-state index contributed by atoms with van der Waals surface area (Å²) in [6, 6.07) is 5.62. The van der Waals surface area contributed by atoms with E-state index >= 15 is 0 Å². The van der Waals surface area contributed by atoms with E-state index in [9.17, 15) is 4.79 Å². The molecule has 1 N–H and O–H groups in total. The highest BCUT2D eigenvalue weighted by molar-refractivity contribution is 5.95. The molecule has 0 saturated carbocycles. The first-order valence-corrected chi connectivity index (χ1v) is 8.43. The number of aryl methyl sites for hydroxylation is 1. The molecule has 3 aromatic rings. The Kier molecular flexibility index (Phi) is 3.83. The van der Waals surface area contributed by atoms with Gasteiger partial charge in [0.1, 0.15) is 0 Å². The van der Waals surface area contributed by atoms with Crippen LogP contribution in [0.5, 0.6) is 0 Å². The average Bonchev–Trinajstić information content (AvgIpc) is 3.20. The Labute approximate surface area is 145 Å². The van der Waals surface area contributed by atoms with E-state index in [1.165, 1.54) is 5.69 Å². The zero-order chi connectivity index (χ0) is 17.4. The zero-order valence-electron chi connectivity index (χ0n) is 14.3. The van der Waals surface area contributed by atoms with E-state index in [0.717, 1.165) is 30.5 Å². The Morgan fingerprint density at radius 2 is 2.16 bits per heavy atom. The maximum absolute atomic E-state index is 12.8. The van der Waals surface area contributed by atoms with E-state index in [4.69, 9.17) is 0 Å². The second-order valence-corrected chi connectivity index (χ2v) is 6.33. The number of carbonyl (C=O) groups excluding carboxylic acids is 1. The molecule has 0 aliphatic heterocycles. The molecule has 128 valence electrons. The van der Waals surface area contributed by atoms with Crippen LogP contribution in [0.1, 0.15) is 46.2 Å². The molecule has 7 heteroatoms. The standard InChI is InChI=1S/C18H20N6O/c1-12-13(10-21-24(12)17-8-3-4-9-19-17)18(25)22-15-6-5-7-16-14(15)11-20-23(16)2/h3-4,8-11,15H,5-7H2,1-2H3,(H,22,25)/t15-/m1/s1. The molecule has 0 unspecified atom stereocenters. The van der Waals surface area contributed by atoms with Gasteiger partial charge in [-0.1, -0.05) is 6.07 Å². The van der Waals surface area contributed by atoms with Crippen LogP contribution in [0.2, 0.25) is 0 Å². The average molecular weight is 336 g/mol. The molecule has 25 heavy (non-hydrogen) atoms. The van der Waals surface area contributed by atoms with Gasteiger partial charge in [-0.2, -0.15) is 10.2 Å². The van der Waals surface area contributed by atoms with Crippen LogP contribution in [0.3, 0.4) is 0 Å². The van der Waals surface area contributed by atoms with Gasteiger partial charge in [0, 0.05) is 24.5 Å². The SMILES string of the molecule is Cc1c(C(=O)N[C@@H]2CCCc3c2cnn3C)cnn1-c1ccccn1. The van der Waals surface area contributed by atoms with E-state index in [-0.39, 0.29) is 11.9 Å². The second-order valence-electron chi connectivity index (χ2n) is 6.33. The lowest BCUT2D eigenvalue weighted by Gasteiger charge is -2.23. The summed E-state index contributed by atoms with van der Waals surface area (Å²) in [6.07, 6.45) is 8.16. The zero-order valence-corrected chi connectivity index (χ0v) is 14.3. The first kappa shape index (κ1) is 15.6. The van der Waals surface area contributed by atoms with Crippen molar-refractivity contribution in [2.75, 3.05) is 0 Å². The van der Waals surface area contributed by atoms with Crippen LogP contribution >= 0.6 is 0 Å². The van der Waals surface area contributed by atoms with E-state index in [2.05, 4.69) is 20.5 Å². The first-order valence-electron chi connectivity index (χ1n) is 8.43. The van der Waals surface area contributed by atoms with E-state index in [1.54, 1.807) is 17.1 Å². The van der Waals surface area contributed by atoms with Crippen LogP contribution < -0.4 is 5.32 Å². The van der Waals surface area contributed by atoms with Crippen molar-refractivity contribution in [3.8, 4) is 5.82 Å². The topological polar surface area (TPSA) is 77.6 Å². The molecule has 7 nitrogen and oxygen atoms in total. The van der Waals surface area contributed by atoms with Crippen LogP contribution in [0.25, 0.3) is 5.82 Å². The van der Waals surface area contributed by atoms with Crippen molar-refractivity contribution in [3.05, 3.63) is 59.3 Å². The summed E-state index contributed by atoms with van der Waals surface area (Å²) in [6.45, 7) is 1.88. The minimum Gasteiger partial charge on any atom is -0.345 e. The van der Waals surface area contributed by atoms with Gasteiger partial charge in [0.15, 0.2) is 5.82 Å². The largest absolute Gasteiger partial charge is 0.345 e. The van der Waals surface area contributed by atoms with Crippen molar-refractivity contribution in [3.63, 3.8) is 0 Å². The van der Waals surface area contributed by atoms with Gasteiger partial charge in [0.05, 0.1) is 29.7 Å². The Bertz CT molecular complexity index is 911. The first-order chi connectivity index (χ1) is 12.1. The lowest BCUT2D eigenvalue weighted by molar-refractivity contribution is 0.0932. The molecule has 0 fully saturated rings. The summed E-state index contributed by atoms with van der Waals surface area (Å²) >= 11 is 0. The molecule has 4 rings (SSSR count). The summed E-state index contributed by atoms with van der Waals surface area (Å²) in [4.78, 5) is 17.1. The maximum atomic E-state index is 12.8. The summed E-state index contributed by atoms with van der Waals surface area (Å²) in [7, 11) is 1.95. The molecular formula is C18H20N6O. The van der Waals surface area contributed by atoms with E-state index in [1.807, 2.05) is 43.0 Å². The van der Waals surface area contributed by atoms with Gasteiger partial charge in [-0.25, -0.2) is 9.67 Å². The number of fused-ring (bicyclic) bond motifs is 1. The fourth-order valence-corrected chi connectivity index (χ4v) is 3.43. The number of aromatic nitrogens is 5. The number of hydrogen-bond donors (Lipinski definition) is 1. The third-order valence-electron chi connectivity index (χ3n) is 4.80. The van der Waals surface area contributed by atoms with Crippen molar-refractivity contribution >= 4 is 5.91 Å². The van der Waals surface area contributed by atoms with Crippen LogP contribution in [-0.4, -0.2) is 30.5 Å². The number of nitrogens with zero attached hydrogens (tertiary/aromatic N) is 5. The van der Waals surface area contributed by atoms with E-state index in [0.29, 0.717) is 11.4 Å². The molecule has 0 radical (unpaired) electrons. The van der Waals surface area contributed by atoms with Crippen molar-refractivity contribution in [2.45, 2.75) is 32.2 Å². The summed E-state index contributed by atoms with van der Waals surface area (Å²) in [5.74, 6) is 0.590. The normalized spacial score (nSPS) is 16.5. The number of rotatable bonds is 3. The molecular weight excluding hydrogens is 316 g/mol. The summed E-state index contributed by atoms with van der Waals surface area (Å²) < 4.78 is 3.59. The monoisotopic (exact) mass is 336 g/mol. The van der Waals surface area contributed by atoms with E-state index < -0.39 is 0 Å².